The maximum absolute atomic E-state index is 11.3. The highest BCUT2D eigenvalue weighted by Gasteiger charge is 2.22. The fourth-order valence-electron chi connectivity index (χ4n) is 0.937. The van der Waals surface area contributed by atoms with Crippen molar-refractivity contribution in [3.05, 3.63) is 0 Å². The zero-order valence-corrected chi connectivity index (χ0v) is 10.4. The molecule has 2 atom stereocenters. The van der Waals surface area contributed by atoms with E-state index in [9.17, 15) is 9.59 Å². The van der Waals surface area contributed by atoms with E-state index in [-0.39, 0.29) is 22.4 Å². The lowest BCUT2D eigenvalue weighted by Gasteiger charge is -2.14. The molecule has 0 N–H and O–H groups in total. The Kier molecular flexibility index (Phi) is 7.21. The smallest absolute Gasteiger partial charge is 0.318 e. The molecule has 0 aliphatic rings. The summed E-state index contributed by atoms with van der Waals surface area (Å²) in [5.41, 5.74) is 0. The van der Waals surface area contributed by atoms with E-state index in [2.05, 4.69) is 0 Å². The van der Waals surface area contributed by atoms with Crippen molar-refractivity contribution in [2.75, 3.05) is 13.2 Å². The van der Waals surface area contributed by atoms with Crippen molar-refractivity contribution < 1.29 is 19.1 Å². The van der Waals surface area contributed by atoms with Gasteiger partial charge in [-0.15, -0.1) is 11.8 Å². The van der Waals surface area contributed by atoms with Crippen LogP contribution in [0.3, 0.4) is 0 Å². The number of rotatable bonds is 6. The second-order valence-corrected chi connectivity index (χ2v) is 4.61. The summed E-state index contributed by atoms with van der Waals surface area (Å²) in [6.45, 7) is 7.67. The predicted molar refractivity (Wildman–Crippen MR) is 59.8 cm³/mol. The van der Waals surface area contributed by atoms with E-state index in [1.807, 2.05) is 0 Å². The molecule has 0 aliphatic carbocycles. The van der Waals surface area contributed by atoms with Gasteiger partial charge in [-0.25, -0.2) is 0 Å². The van der Waals surface area contributed by atoms with Gasteiger partial charge in [0.2, 0.25) is 0 Å². The molecule has 0 aromatic carbocycles. The largest absolute Gasteiger partial charge is 0.465 e. The van der Waals surface area contributed by atoms with Gasteiger partial charge < -0.3 is 9.47 Å². The van der Waals surface area contributed by atoms with Crippen molar-refractivity contribution in [2.45, 2.75) is 38.2 Å². The fraction of sp³-hybridized carbons (Fsp3) is 0.800. The van der Waals surface area contributed by atoms with Gasteiger partial charge in [0.1, 0.15) is 10.5 Å². The zero-order valence-electron chi connectivity index (χ0n) is 9.61. The molecule has 0 heterocycles. The molecule has 0 aromatic rings. The van der Waals surface area contributed by atoms with E-state index in [0.29, 0.717) is 13.2 Å². The van der Waals surface area contributed by atoms with Gasteiger partial charge in [0, 0.05) is 0 Å². The topological polar surface area (TPSA) is 52.6 Å². The highest BCUT2D eigenvalue weighted by molar-refractivity contribution is 8.01. The number of esters is 2. The van der Waals surface area contributed by atoms with Crippen LogP contribution in [0.1, 0.15) is 27.7 Å². The van der Waals surface area contributed by atoms with Crippen LogP contribution in [0.4, 0.5) is 0 Å². The molecule has 0 radical (unpaired) electrons. The monoisotopic (exact) mass is 234 g/mol. The molecule has 0 saturated heterocycles. The van der Waals surface area contributed by atoms with E-state index < -0.39 is 0 Å². The van der Waals surface area contributed by atoms with Gasteiger partial charge >= 0.3 is 11.9 Å². The molecule has 0 spiro atoms. The molecule has 4 nitrogen and oxygen atoms in total. The number of hydrogen-bond donors (Lipinski definition) is 0. The number of ether oxygens (including phenoxy) is 2. The van der Waals surface area contributed by atoms with E-state index in [4.69, 9.17) is 9.47 Å². The van der Waals surface area contributed by atoms with E-state index >= 15 is 0 Å². The lowest BCUT2D eigenvalue weighted by Crippen LogP contribution is -2.24. The quantitative estimate of drug-likeness (QED) is 0.654. The summed E-state index contributed by atoms with van der Waals surface area (Å²) in [4.78, 5) is 22.5. The zero-order chi connectivity index (χ0) is 11.8. The van der Waals surface area contributed by atoms with Crippen molar-refractivity contribution in [2.24, 2.45) is 0 Å². The van der Waals surface area contributed by atoms with Crippen molar-refractivity contribution in [1.82, 2.24) is 0 Å². The first-order valence-corrected chi connectivity index (χ1v) is 5.95. The Morgan fingerprint density at radius 2 is 1.33 bits per heavy atom. The van der Waals surface area contributed by atoms with Gasteiger partial charge in [0.15, 0.2) is 0 Å². The lowest BCUT2D eigenvalue weighted by atomic mass is 10.5. The Hall–Kier alpha value is -0.710. The molecule has 0 aliphatic heterocycles. The van der Waals surface area contributed by atoms with Crippen molar-refractivity contribution in [3.63, 3.8) is 0 Å². The van der Waals surface area contributed by atoms with Gasteiger partial charge in [-0.1, -0.05) is 0 Å². The standard InChI is InChI=1S/C10H18O4S/c1-5-13-9(11)7(3)15-8(4)10(12)14-6-2/h7-8H,5-6H2,1-4H3. The van der Waals surface area contributed by atoms with E-state index in [1.165, 1.54) is 11.8 Å². The molecular formula is C10H18O4S. The second kappa shape index (κ2) is 7.56. The van der Waals surface area contributed by atoms with Crippen LogP contribution in [-0.4, -0.2) is 35.7 Å². The van der Waals surface area contributed by atoms with Crippen molar-refractivity contribution in [3.8, 4) is 0 Å². The molecule has 0 aromatic heterocycles. The number of carbonyl (C=O) groups is 2. The van der Waals surface area contributed by atoms with Crippen LogP contribution < -0.4 is 0 Å². The summed E-state index contributed by atoms with van der Waals surface area (Å²) in [6, 6.07) is 0. The molecule has 0 saturated carbocycles. The molecule has 0 bridgehead atoms. The Morgan fingerprint density at radius 1 is 1.00 bits per heavy atom. The van der Waals surface area contributed by atoms with Gasteiger partial charge in [-0.3, -0.25) is 9.59 Å². The van der Waals surface area contributed by atoms with Gasteiger partial charge in [-0.05, 0) is 27.7 Å². The minimum Gasteiger partial charge on any atom is -0.465 e. The fourth-order valence-corrected chi connectivity index (χ4v) is 1.91. The van der Waals surface area contributed by atoms with E-state index in [1.54, 1.807) is 27.7 Å². The summed E-state index contributed by atoms with van der Waals surface area (Å²) >= 11 is 1.25. The summed E-state index contributed by atoms with van der Waals surface area (Å²) in [7, 11) is 0. The van der Waals surface area contributed by atoms with Gasteiger partial charge in [0.25, 0.3) is 0 Å². The number of thioether (sulfide) groups is 1. The van der Waals surface area contributed by atoms with Crippen LogP contribution in [0.2, 0.25) is 0 Å². The third-order valence-electron chi connectivity index (χ3n) is 1.65. The number of carbonyl (C=O) groups excluding carboxylic acids is 2. The van der Waals surface area contributed by atoms with Crippen molar-refractivity contribution in [1.29, 1.82) is 0 Å². The summed E-state index contributed by atoms with van der Waals surface area (Å²) in [5, 5.41) is -0.686. The van der Waals surface area contributed by atoms with Crippen LogP contribution in [0.5, 0.6) is 0 Å². The third kappa shape index (κ3) is 5.67. The predicted octanol–water partition coefficient (Wildman–Crippen LogP) is 1.62. The van der Waals surface area contributed by atoms with Crippen LogP contribution in [-0.2, 0) is 19.1 Å². The third-order valence-corrected chi connectivity index (χ3v) is 2.85. The summed E-state index contributed by atoms with van der Waals surface area (Å²) in [6.07, 6.45) is 0. The lowest BCUT2D eigenvalue weighted by molar-refractivity contribution is -0.142. The number of hydrogen-bond acceptors (Lipinski definition) is 5. The van der Waals surface area contributed by atoms with Gasteiger partial charge in [0.05, 0.1) is 13.2 Å². The normalized spacial score (nSPS) is 14.1. The first-order chi connectivity index (χ1) is 7.02. The SMILES string of the molecule is CCOC(=O)C(C)SC(C)C(=O)OCC. The van der Waals surface area contributed by atoms with Crippen LogP contribution in [0, 0.1) is 0 Å². The highest BCUT2D eigenvalue weighted by Crippen LogP contribution is 2.19. The maximum atomic E-state index is 11.3. The molecule has 5 heteroatoms. The first kappa shape index (κ1) is 14.3. The second-order valence-electron chi connectivity index (χ2n) is 2.92. The first-order valence-electron chi connectivity index (χ1n) is 5.01. The van der Waals surface area contributed by atoms with Crippen LogP contribution in [0.25, 0.3) is 0 Å². The molecule has 0 rings (SSSR count). The molecule has 88 valence electrons. The van der Waals surface area contributed by atoms with Crippen LogP contribution >= 0.6 is 11.8 Å². The van der Waals surface area contributed by atoms with Crippen LogP contribution in [0.15, 0.2) is 0 Å². The highest BCUT2D eigenvalue weighted by atomic mass is 32.2. The average molecular weight is 234 g/mol. The molecular weight excluding hydrogens is 216 g/mol. The maximum Gasteiger partial charge on any atom is 0.318 e. The Bertz CT molecular complexity index is 195. The minimum absolute atomic E-state index is 0.293. The Labute approximate surface area is 94.7 Å². The Balaban J connectivity index is 3.99. The average Bonchev–Trinajstić information content (AvgIpc) is 2.18. The minimum atomic E-state index is -0.343. The van der Waals surface area contributed by atoms with Crippen molar-refractivity contribution >= 4 is 23.7 Å². The summed E-state index contributed by atoms with van der Waals surface area (Å²) in [5.74, 6) is -0.586. The Morgan fingerprint density at radius 3 is 1.60 bits per heavy atom. The van der Waals surface area contributed by atoms with E-state index in [0.717, 1.165) is 0 Å². The van der Waals surface area contributed by atoms with Gasteiger partial charge in [-0.2, -0.15) is 0 Å². The molecule has 0 amide bonds. The summed E-state index contributed by atoms with van der Waals surface area (Å²) < 4.78 is 9.66. The molecule has 0 fully saturated rings. The molecule has 15 heavy (non-hydrogen) atoms. The molecule has 2 unspecified atom stereocenters.